The molecule has 0 saturated heterocycles. The molecule has 0 fully saturated rings. The average Bonchev–Trinajstić information content (AvgIpc) is 2.91. The molecule has 0 aliphatic carbocycles. The number of thioether (sulfide) groups is 1. The van der Waals surface area contributed by atoms with E-state index in [9.17, 15) is 9.59 Å². The van der Waals surface area contributed by atoms with E-state index in [1.54, 1.807) is 26.0 Å². The van der Waals surface area contributed by atoms with Gasteiger partial charge in [-0.3, -0.25) is 4.79 Å². The fraction of sp³-hybridized carbons (Fsp3) is 0.235. The number of thiocyanates is 1. The van der Waals surface area contributed by atoms with Gasteiger partial charge in [0, 0.05) is 0 Å². The highest BCUT2D eigenvalue weighted by atomic mass is 32.2. The third-order valence-corrected chi connectivity index (χ3v) is 5.19. The van der Waals surface area contributed by atoms with Gasteiger partial charge < -0.3 is 14.8 Å². The van der Waals surface area contributed by atoms with Gasteiger partial charge in [-0.2, -0.15) is 5.26 Å². The highest BCUT2D eigenvalue weighted by Gasteiger charge is 2.22. The normalized spacial score (nSPS) is 9.96. The lowest BCUT2D eigenvalue weighted by atomic mass is 10.3. The van der Waals surface area contributed by atoms with Crippen molar-refractivity contribution in [1.29, 1.82) is 5.26 Å². The topological polar surface area (TPSA) is 88.4 Å². The molecule has 0 aliphatic heterocycles. The Morgan fingerprint density at radius 2 is 2.04 bits per heavy atom. The summed E-state index contributed by atoms with van der Waals surface area (Å²) >= 11 is 1.98. The van der Waals surface area contributed by atoms with Crippen molar-refractivity contribution in [2.75, 3.05) is 18.5 Å². The zero-order valence-corrected chi connectivity index (χ0v) is 15.3. The van der Waals surface area contributed by atoms with Crippen molar-refractivity contribution in [2.24, 2.45) is 0 Å². The van der Waals surface area contributed by atoms with Gasteiger partial charge in [0.15, 0.2) is 6.61 Å². The van der Waals surface area contributed by atoms with Gasteiger partial charge >= 0.3 is 5.97 Å². The van der Waals surface area contributed by atoms with E-state index in [2.05, 4.69) is 5.32 Å². The first-order chi connectivity index (χ1) is 12.1. The Morgan fingerprint density at radius 1 is 1.32 bits per heavy atom. The van der Waals surface area contributed by atoms with Crippen molar-refractivity contribution in [2.45, 2.75) is 18.7 Å². The number of amides is 1. The molecule has 2 aromatic rings. The van der Waals surface area contributed by atoms with Crippen molar-refractivity contribution in [1.82, 2.24) is 0 Å². The smallest absolute Gasteiger partial charge is 0.348 e. The average molecular weight is 376 g/mol. The van der Waals surface area contributed by atoms with Crippen LogP contribution in [0.5, 0.6) is 5.75 Å². The Morgan fingerprint density at radius 3 is 2.68 bits per heavy atom. The molecule has 1 aromatic carbocycles. The second kappa shape index (κ2) is 9.11. The number of nitrogens with zero attached hydrogens (tertiary/aromatic N) is 1. The summed E-state index contributed by atoms with van der Waals surface area (Å²) in [6.45, 7) is 3.52. The van der Waals surface area contributed by atoms with Crippen LogP contribution in [0, 0.1) is 17.6 Å². The third-order valence-electron chi connectivity index (χ3n) is 3.07. The quantitative estimate of drug-likeness (QED) is 0.449. The number of nitrogens with one attached hydrogen (secondary N) is 1. The van der Waals surface area contributed by atoms with Crippen LogP contribution >= 0.6 is 23.1 Å². The molecule has 0 radical (unpaired) electrons. The van der Waals surface area contributed by atoms with Gasteiger partial charge in [-0.15, -0.1) is 11.3 Å². The van der Waals surface area contributed by atoms with E-state index < -0.39 is 5.97 Å². The monoisotopic (exact) mass is 376 g/mol. The van der Waals surface area contributed by atoms with Gasteiger partial charge in [-0.1, -0.05) is 18.2 Å². The van der Waals surface area contributed by atoms with Crippen LogP contribution in [0.15, 0.2) is 35.2 Å². The van der Waals surface area contributed by atoms with Crippen LogP contribution in [0.3, 0.4) is 0 Å². The van der Waals surface area contributed by atoms with Crippen LogP contribution in [-0.2, 0) is 9.53 Å². The van der Waals surface area contributed by atoms with E-state index in [1.165, 1.54) is 0 Å². The minimum absolute atomic E-state index is 0.174. The molecule has 0 bridgehead atoms. The lowest BCUT2D eigenvalue weighted by molar-refractivity contribution is -0.118. The summed E-state index contributed by atoms with van der Waals surface area (Å²) in [5.41, 5.74) is 0.620. The van der Waals surface area contributed by atoms with Crippen LogP contribution in [0.25, 0.3) is 0 Å². The van der Waals surface area contributed by atoms with Crippen LogP contribution in [0.2, 0.25) is 0 Å². The third kappa shape index (κ3) is 4.98. The van der Waals surface area contributed by atoms with E-state index in [-0.39, 0.29) is 19.1 Å². The molecule has 1 N–H and O–H groups in total. The molecule has 0 spiro atoms. The number of thiophene rings is 1. The molecule has 130 valence electrons. The largest absolute Gasteiger partial charge is 0.484 e. The lowest BCUT2D eigenvalue weighted by Gasteiger charge is -2.07. The van der Waals surface area contributed by atoms with Crippen molar-refractivity contribution < 1.29 is 19.1 Å². The number of anilines is 1. The van der Waals surface area contributed by atoms with Gasteiger partial charge in [-0.05, 0) is 43.3 Å². The molecular weight excluding hydrogens is 360 g/mol. The Labute approximate surface area is 153 Å². The summed E-state index contributed by atoms with van der Waals surface area (Å²) in [6, 6.07) is 8.97. The maximum absolute atomic E-state index is 12.1. The minimum Gasteiger partial charge on any atom is -0.484 e. The molecule has 8 heteroatoms. The first kappa shape index (κ1) is 18.8. The highest BCUT2D eigenvalue weighted by Crippen LogP contribution is 2.40. The molecule has 0 saturated carbocycles. The maximum Gasteiger partial charge on any atom is 0.348 e. The van der Waals surface area contributed by atoms with Crippen LogP contribution < -0.4 is 10.1 Å². The number of carbonyl (C=O) groups is 2. The van der Waals surface area contributed by atoms with E-state index >= 15 is 0 Å². The number of hydrogen-bond donors (Lipinski definition) is 1. The molecule has 2 rings (SSSR count). The van der Waals surface area contributed by atoms with Gasteiger partial charge in [-0.25, -0.2) is 4.79 Å². The zero-order chi connectivity index (χ0) is 18.2. The first-order valence-corrected chi connectivity index (χ1v) is 9.04. The van der Waals surface area contributed by atoms with Crippen molar-refractivity contribution in [3.8, 4) is 11.2 Å². The number of esters is 1. The first-order valence-electron chi connectivity index (χ1n) is 7.41. The predicted molar refractivity (Wildman–Crippen MR) is 97.0 cm³/mol. The Hall–Kier alpha value is -2.50. The minimum atomic E-state index is -0.467. The summed E-state index contributed by atoms with van der Waals surface area (Å²) in [6.07, 6.45) is 0. The second-order valence-corrected chi connectivity index (χ2v) is 6.59. The molecule has 1 heterocycles. The van der Waals surface area contributed by atoms with Gasteiger partial charge in [0.1, 0.15) is 21.0 Å². The fourth-order valence-corrected chi connectivity index (χ4v) is 3.79. The number of para-hydroxylation sites is 1. The maximum atomic E-state index is 12.1. The molecule has 0 unspecified atom stereocenters. The summed E-state index contributed by atoms with van der Waals surface area (Å²) < 4.78 is 10.4. The summed E-state index contributed by atoms with van der Waals surface area (Å²) in [5, 5.41) is 14.1. The van der Waals surface area contributed by atoms with Gasteiger partial charge in [0.05, 0.1) is 11.5 Å². The number of ether oxygens (including phenoxy) is 2. The van der Waals surface area contributed by atoms with E-state index in [4.69, 9.17) is 14.7 Å². The van der Waals surface area contributed by atoms with Crippen molar-refractivity contribution in [3.63, 3.8) is 0 Å². The number of nitriles is 1. The predicted octanol–water partition coefficient (Wildman–Crippen LogP) is 3.82. The second-order valence-electron chi connectivity index (χ2n) is 4.78. The fourth-order valence-electron chi connectivity index (χ4n) is 1.97. The molecule has 0 atom stereocenters. The van der Waals surface area contributed by atoms with E-state index in [0.29, 0.717) is 26.1 Å². The van der Waals surface area contributed by atoms with Crippen LogP contribution in [0.4, 0.5) is 5.00 Å². The number of benzene rings is 1. The SMILES string of the molecule is CCOC(=O)c1sc(NC(=O)COc2ccccc2)c(SC#N)c1C. The van der Waals surface area contributed by atoms with Crippen molar-refractivity contribution >= 4 is 40.0 Å². The van der Waals surface area contributed by atoms with Gasteiger partial charge in [0.25, 0.3) is 5.91 Å². The molecule has 1 amide bonds. The molecular formula is C17H16N2O4S2. The molecule has 6 nitrogen and oxygen atoms in total. The zero-order valence-electron chi connectivity index (χ0n) is 13.7. The summed E-state index contributed by atoms with van der Waals surface area (Å²) in [4.78, 5) is 25.0. The summed E-state index contributed by atoms with van der Waals surface area (Å²) in [7, 11) is 0. The van der Waals surface area contributed by atoms with E-state index in [0.717, 1.165) is 23.1 Å². The number of hydrogen-bond acceptors (Lipinski definition) is 7. The summed E-state index contributed by atoms with van der Waals surface area (Å²) in [5.74, 6) is -0.259. The Bertz CT molecular complexity index is 797. The lowest BCUT2D eigenvalue weighted by Crippen LogP contribution is -2.19. The highest BCUT2D eigenvalue weighted by molar-refractivity contribution is 8.04. The molecule has 25 heavy (non-hydrogen) atoms. The van der Waals surface area contributed by atoms with Crippen molar-refractivity contribution in [3.05, 3.63) is 40.8 Å². The standard InChI is InChI=1S/C17H16N2O4S2/c1-3-22-17(21)15-11(2)14(24-10-18)16(25-15)19-13(20)9-23-12-7-5-4-6-8-12/h4-8H,3,9H2,1-2H3,(H,19,20). The van der Waals surface area contributed by atoms with E-state index in [1.807, 2.05) is 23.6 Å². The Balaban J connectivity index is 2.11. The van der Waals surface area contributed by atoms with Crippen LogP contribution in [0.1, 0.15) is 22.2 Å². The molecule has 1 aromatic heterocycles. The molecule has 0 aliphatic rings. The number of carbonyl (C=O) groups excluding carboxylic acids is 2. The Kier molecular flexibility index (Phi) is 6.86. The van der Waals surface area contributed by atoms with Crippen LogP contribution in [-0.4, -0.2) is 25.1 Å². The van der Waals surface area contributed by atoms with Gasteiger partial charge in [0.2, 0.25) is 0 Å². The number of rotatable bonds is 7.